The summed E-state index contributed by atoms with van der Waals surface area (Å²) >= 11 is 0. The standard InChI is InChI=1S/C11H17N3O2S/c1-8-10(12)4-5-11(13-8)14-9-3-2-6-17(15,16)7-9/h4-5,9H,2-3,6-7,12H2,1H3,(H,13,14). The average Bonchev–Trinajstić information content (AvgIpc) is 2.22. The summed E-state index contributed by atoms with van der Waals surface area (Å²) in [5, 5.41) is 3.16. The first kappa shape index (κ1) is 12.2. The first-order valence-corrected chi connectivity index (χ1v) is 7.48. The largest absolute Gasteiger partial charge is 0.397 e. The van der Waals surface area contributed by atoms with E-state index in [2.05, 4.69) is 10.3 Å². The lowest BCUT2D eigenvalue weighted by molar-refractivity contribution is 0.561. The van der Waals surface area contributed by atoms with Crippen LogP contribution in [-0.2, 0) is 9.84 Å². The van der Waals surface area contributed by atoms with Crippen molar-refractivity contribution in [2.24, 2.45) is 0 Å². The first-order valence-electron chi connectivity index (χ1n) is 5.66. The van der Waals surface area contributed by atoms with E-state index in [4.69, 9.17) is 5.73 Å². The predicted octanol–water partition coefficient (Wildman–Crippen LogP) is 0.961. The van der Waals surface area contributed by atoms with Gasteiger partial charge in [-0.05, 0) is 31.9 Å². The van der Waals surface area contributed by atoms with Crippen molar-refractivity contribution < 1.29 is 8.42 Å². The fourth-order valence-electron chi connectivity index (χ4n) is 2.00. The Balaban J connectivity index is 2.08. The Bertz CT molecular complexity index is 513. The molecule has 0 spiro atoms. The normalized spacial score (nSPS) is 23.2. The van der Waals surface area contributed by atoms with E-state index in [0.717, 1.165) is 12.1 Å². The quantitative estimate of drug-likeness (QED) is 0.822. The molecule has 0 amide bonds. The van der Waals surface area contributed by atoms with Crippen LogP contribution < -0.4 is 11.1 Å². The van der Waals surface area contributed by atoms with Crippen LogP contribution >= 0.6 is 0 Å². The van der Waals surface area contributed by atoms with Crippen molar-refractivity contribution in [1.82, 2.24) is 4.98 Å². The summed E-state index contributed by atoms with van der Waals surface area (Å²) in [7, 11) is -2.89. The number of hydrogen-bond donors (Lipinski definition) is 2. The summed E-state index contributed by atoms with van der Waals surface area (Å²) in [6, 6.07) is 3.52. The van der Waals surface area contributed by atoms with Crippen LogP contribution in [0.25, 0.3) is 0 Å². The zero-order valence-corrected chi connectivity index (χ0v) is 10.6. The Kier molecular flexibility index (Phi) is 3.24. The molecular formula is C11H17N3O2S. The van der Waals surface area contributed by atoms with Crippen LogP contribution in [0.4, 0.5) is 11.5 Å². The first-order chi connectivity index (χ1) is 7.96. The number of anilines is 2. The van der Waals surface area contributed by atoms with Crippen molar-refractivity contribution in [1.29, 1.82) is 0 Å². The van der Waals surface area contributed by atoms with Crippen LogP contribution in [0.1, 0.15) is 18.5 Å². The SMILES string of the molecule is Cc1nc(NC2CCCS(=O)(=O)C2)ccc1N. The maximum Gasteiger partial charge on any atom is 0.152 e. The molecule has 1 aromatic heterocycles. The topological polar surface area (TPSA) is 85.1 Å². The lowest BCUT2D eigenvalue weighted by Gasteiger charge is -2.23. The third-order valence-electron chi connectivity index (χ3n) is 2.94. The van der Waals surface area contributed by atoms with Crippen molar-refractivity contribution >= 4 is 21.3 Å². The van der Waals surface area contributed by atoms with Gasteiger partial charge in [-0.25, -0.2) is 13.4 Å². The summed E-state index contributed by atoms with van der Waals surface area (Å²) in [5.41, 5.74) is 7.08. The number of sulfone groups is 1. The van der Waals surface area contributed by atoms with Gasteiger partial charge >= 0.3 is 0 Å². The van der Waals surface area contributed by atoms with Gasteiger partial charge in [0.2, 0.25) is 0 Å². The van der Waals surface area contributed by atoms with E-state index in [1.807, 2.05) is 6.92 Å². The number of nitrogen functional groups attached to an aromatic ring is 1. The lowest BCUT2D eigenvalue weighted by Crippen LogP contribution is -2.35. The third-order valence-corrected chi connectivity index (χ3v) is 4.76. The number of aromatic nitrogens is 1. The van der Waals surface area contributed by atoms with Gasteiger partial charge in [0.1, 0.15) is 5.82 Å². The third kappa shape index (κ3) is 3.09. The van der Waals surface area contributed by atoms with Crippen LogP contribution in [0.5, 0.6) is 0 Å². The van der Waals surface area contributed by atoms with Crippen molar-refractivity contribution in [3.05, 3.63) is 17.8 Å². The summed E-state index contributed by atoms with van der Waals surface area (Å²) in [4.78, 5) is 4.28. The smallest absolute Gasteiger partial charge is 0.152 e. The summed E-state index contributed by atoms with van der Waals surface area (Å²) < 4.78 is 23.0. The molecule has 1 atom stereocenters. The molecule has 6 heteroatoms. The highest BCUT2D eigenvalue weighted by molar-refractivity contribution is 7.91. The van der Waals surface area contributed by atoms with Crippen molar-refractivity contribution in [3.63, 3.8) is 0 Å². The molecule has 0 aliphatic carbocycles. The molecule has 2 heterocycles. The molecule has 94 valence electrons. The molecule has 3 N–H and O–H groups in total. The molecule has 0 bridgehead atoms. The minimum atomic E-state index is -2.89. The van der Waals surface area contributed by atoms with Crippen molar-refractivity contribution in [2.45, 2.75) is 25.8 Å². The Morgan fingerprint density at radius 3 is 2.88 bits per heavy atom. The van der Waals surface area contributed by atoms with E-state index in [9.17, 15) is 8.42 Å². The molecule has 17 heavy (non-hydrogen) atoms. The highest BCUT2D eigenvalue weighted by atomic mass is 32.2. The summed E-state index contributed by atoms with van der Waals surface area (Å²) in [6.07, 6.45) is 1.58. The van der Waals surface area contributed by atoms with Gasteiger partial charge in [-0.2, -0.15) is 0 Å². The van der Waals surface area contributed by atoms with Crippen molar-refractivity contribution in [2.75, 3.05) is 22.6 Å². The number of nitrogens with zero attached hydrogens (tertiary/aromatic N) is 1. The highest BCUT2D eigenvalue weighted by Crippen LogP contribution is 2.18. The Morgan fingerprint density at radius 2 is 2.24 bits per heavy atom. The van der Waals surface area contributed by atoms with E-state index in [-0.39, 0.29) is 11.8 Å². The molecule has 1 aliphatic rings. The van der Waals surface area contributed by atoms with Gasteiger partial charge < -0.3 is 11.1 Å². The number of nitrogens with one attached hydrogen (secondary N) is 1. The molecule has 1 aromatic rings. The second-order valence-electron chi connectivity index (χ2n) is 4.47. The minimum absolute atomic E-state index is 0.0377. The van der Waals surface area contributed by atoms with Gasteiger partial charge in [-0.15, -0.1) is 0 Å². The van der Waals surface area contributed by atoms with Gasteiger partial charge in [0.05, 0.1) is 22.9 Å². The van der Waals surface area contributed by atoms with Gasteiger partial charge in [0.25, 0.3) is 0 Å². The molecule has 5 nitrogen and oxygen atoms in total. The van der Waals surface area contributed by atoms with E-state index in [1.165, 1.54) is 0 Å². The van der Waals surface area contributed by atoms with Gasteiger partial charge in [-0.3, -0.25) is 0 Å². The van der Waals surface area contributed by atoms with Crippen molar-refractivity contribution in [3.8, 4) is 0 Å². The molecule has 0 aromatic carbocycles. The zero-order chi connectivity index (χ0) is 12.5. The molecule has 1 unspecified atom stereocenters. The van der Waals surface area contributed by atoms with E-state index in [0.29, 0.717) is 23.7 Å². The number of nitrogens with two attached hydrogens (primary N) is 1. The Morgan fingerprint density at radius 1 is 1.47 bits per heavy atom. The van der Waals surface area contributed by atoms with E-state index in [1.54, 1.807) is 12.1 Å². The van der Waals surface area contributed by atoms with Crippen LogP contribution in [-0.4, -0.2) is 30.9 Å². The minimum Gasteiger partial charge on any atom is -0.397 e. The average molecular weight is 255 g/mol. The Hall–Kier alpha value is -1.30. The molecule has 1 fully saturated rings. The van der Waals surface area contributed by atoms with Gasteiger partial charge in [-0.1, -0.05) is 0 Å². The number of aryl methyl sites for hydroxylation is 1. The molecule has 2 rings (SSSR count). The highest BCUT2D eigenvalue weighted by Gasteiger charge is 2.24. The van der Waals surface area contributed by atoms with E-state index < -0.39 is 9.84 Å². The second-order valence-corrected chi connectivity index (χ2v) is 6.70. The maximum absolute atomic E-state index is 11.5. The number of rotatable bonds is 2. The van der Waals surface area contributed by atoms with Crippen LogP contribution in [0.15, 0.2) is 12.1 Å². The maximum atomic E-state index is 11.5. The number of hydrogen-bond acceptors (Lipinski definition) is 5. The van der Waals surface area contributed by atoms with Crippen LogP contribution in [0.2, 0.25) is 0 Å². The number of pyridine rings is 1. The molecule has 1 saturated heterocycles. The Labute approximate surface area is 101 Å². The fourth-order valence-corrected chi connectivity index (χ4v) is 3.63. The zero-order valence-electron chi connectivity index (χ0n) is 9.81. The van der Waals surface area contributed by atoms with Crippen LogP contribution in [0.3, 0.4) is 0 Å². The molecule has 1 aliphatic heterocycles. The lowest BCUT2D eigenvalue weighted by atomic mass is 10.2. The molecule has 0 saturated carbocycles. The van der Waals surface area contributed by atoms with Gasteiger partial charge in [0, 0.05) is 6.04 Å². The van der Waals surface area contributed by atoms with Crippen LogP contribution in [0, 0.1) is 6.92 Å². The molecular weight excluding hydrogens is 238 g/mol. The van der Waals surface area contributed by atoms with E-state index >= 15 is 0 Å². The fraction of sp³-hybridized carbons (Fsp3) is 0.545. The summed E-state index contributed by atoms with van der Waals surface area (Å²) in [5.74, 6) is 1.19. The van der Waals surface area contributed by atoms with Gasteiger partial charge in [0.15, 0.2) is 9.84 Å². The predicted molar refractivity (Wildman–Crippen MR) is 68.7 cm³/mol. The summed E-state index contributed by atoms with van der Waals surface area (Å²) in [6.45, 7) is 1.83. The molecule has 0 radical (unpaired) electrons. The monoisotopic (exact) mass is 255 g/mol. The second kappa shape index (κ2) is 4.52.